The van der Waals surface area contributed by atoms with Crippen molar-refractivity contribution in [1.29, 1.82) is 0 Å². The highest BCUT2D eigenvalue weighted by atomic mass is 32.2. The molecule has 1 N–H and O–H groups in total. The molecule has 1 aromatic rings. The molecule has 0 saturated heterocycles. The van der Waals surface area contributed by atoms with Gasteiger partial charge in [0.25, 0.3) is 0 Å². The molecule has 1 amide bonds. The first-order valence-electron chi connectivity index (χ1n) is 8.26. The van der Waals surface area contributed by atoms with Gasteiger partial charge in [0.15, 0.2) is 9.84 Å². The number of rotatable bonds is 5. The fourth-order valence-electron chi connectivity index (χ4n) is 3.37. The Labute approximate surface area is 137 Å². The second kappa shape index (κ2) is 6.91. The first kappa shape index (κ1) is 16.3. The Bertz CT molecular complexity index is 665. The van der Waals surface area contributed by atoms with Gasteiger partial charge < -0.3 is 10.1 Å². The summed E-state index contributed by atoms with van der Waals surface area (Å²) >= 11 is 0. The topological polar surface area (TPSA) is 72.5 Å². The Morgan fingerprint density at radius 3 is 2.74 bits per heavy atom. The molecule has 1 aliphatic heterocycles. The number of benzene rings is 1. The van der Waals surface area contributed by atoms with Crippen molar-refractivity contribution in [3.63, 3.8) is 0 Å². The Balaban J connectivity index is 1.48. The standard InChI is InChI=1S/C17H23NO4S/c19-17(9-10-23(20,21)15-6-2-3-7-15)18-14-11-13-5-1-4-8-16(13)22-12-14/h1,4-5,8,14-15H,2-3,6-7,9-12H2,(H,18,19)/t14-/m0/s1. The Hall–Kier alpha value is -1.56. The number of carbonyl (C=O) groups is 1. The van der Waals surface area contributed by atoms with Gasteiger partial charge in [0.2, 0.25) is 5.91 Å². The molecular weight excluding hydrogens is 314 g/mol. The van der Waals surface area contributed by atoms with Gasteiger partial charge in [0.1, 0.15) is 12.4 Å². The SMILES string of the molecule is O=C(CCS(=O)(=O)C1CCCC1)N[C@@H]1COc2ccccc2C1. The second-order valence-corrected chi connectivity index (χ2v) is 8.81. The van der Waals surface area contributed by atoms with Gasteiger partial charge in [-0.25, -0.2) is 8.42 Å². The van der Waals surface area contributed by atoms with Crippen LogP contribution < -0.4 is 10.1 Å². The van der Waals surface area contributed by atoms with Gasteiger partial charge in [0.05, 0.1) is 17.0 Å². The summed E-state index contributed by atoms with van der Waals surface area (Å²) in [6.45, 7) is 0.429. The Morgan fingerprint density at radius 2 is 1.96 bits per heavy atom. The highest BCUT2D eigenvalue weighted by molar-refractivity contribution is 7.92. The van der Waals surface area contributed by atoms with Crippen LogP contribution in [-0.4, -0.2) is 38.0 Å². The van der Waals surface area contributed by atoms with Crippen LogP contribution in [0.15, 0.2) is 24.3 Å². The lowest BCUT2D eigenvalue weighted by Gasteiger charge is -2.26. The molecule has 1 heterocycles. The molecule has 6 heteroatoms. The van der Waals surface area contributed by atoms with Crippen LogP contribution in [0.2, 0.25) is 0 Å². The van der Waals surface area contributed by atoms with E-state index in [0.717, 1.165) is 43.4 Å². The molecule has 1 fully saturated rings. The molecule has 0 spiro atoms. The maximum atomic E-state index is 12.2. The number of para-hydroxylation sites is 1. The first-order chi connectivity index (χ1) is 11.0. The third-order valence-electron chi connectivity index (χ3n) is 4.67. The number of hydrogen-bond donors (Lipinski definition) is 1. The minimum absolute atomic E-state index is 0.0387. The van der Waals surface area contributed by atoms with Gasteiger partial charge in [-0.05, 0) is 30.9 Å². The van der Waals surface area contributed by atoms with Gasteiger partial charge in [-0.3, -0.25) is 4.79 Å². The summed E-state index contributed by atoms with van der Waals surface area (Å²) in [5, 5.41) is 2.66. The van der Waals surface area contributed by atoms with E-state index in [1.807, 2.05) is 24.3 Å². The van der Waals surface area contributed by atoms with Gasteiger partial charge >= 0.3 is 0 Å². The highest BCUT2D eigenvalue weighted by Crippen LogP contribution is 2.26. The molecule has 1 aliphatic carbocycles. The quantitative estimate of drug-likeness (QED) is 0.890. The van der Waals surface area contributed by atoms with Crippen molar-refractivity contribution in [3.8, 4) is 5.75 Å². The lowest BCUT2D eigenvalue weighted by atomic mass is 10.0. The van der Waals surface area contributed by atoms with E-state index in [-0.39, 0.29) is 29.4 Å². The van der Waals surface area contributed by atoms with Crippen molar-refractivity contribution < 1.29 is 17.9 Å². The van der Waals surface area contributed by atoms with Crippen molar-refractivity contribution in [2.75, 3.05) is 12.4 Å². The van der Waals surface area contributed by atoms with Crippen molar-refractivity contribution >= 4 is 15.7 Å². The normalized spacial score (nSPS) is 21.5. The Morgan fingerprint density at radius 1 is 1.22 bits per heavy atom. The number of sulfone groups is 1. The van der Waals surface area contributed by atoms with Gasteiger partial charge in [-0.2, -0.15) is 0 Å². The molecular formula is C17H23NO4S. The second-order valence-electron chi connectivity index (χ2n) is 6.41. The monoisotopic (exact) mass is 337 g/mol. The summed E-state index contributed by atoms with van der Waals surface area (Å²) in [6, 6.07) is 7.68. The van der Waals surface area contributed by atoms with Crippen molar-refractivity contribution in [1.82, 2.24) is 5.32 Å². The lowest BCUT2D eigenvalue weighted by molar-refractivity contribution is -0.121. The van der Waals surface area contributed by atoms with Crippen molar-refractivity contribution in [2.45, 2.75) is 49.8 Å². The van der Waals surface area contributed by atoms with Crippen LogP contribution in [0, 0.1) is 0 Å². The number of nitrogens with one attached hydrogen (secondary N) is 1. The zero-order valence-corrected chi connectivity index (χ0v) is 14.0. The van der Waals surface area contributed by atoms with Crippen LogP contribution in [0.1, 0.15) is 37.7 Å². The van der Waals surface area contributed by atoms with Crippen LogP contribution in [0.25, 0.3) is 0 Å². The van der Waals surface area contributed by atoms with E-state index < -0.39 is 9.84 Å². The van der Waals surface area contributed by atoms with Gasteiger partial charge in [-0.15, -0.1) is 0 Å². The Kier molecular flexibility index (Phi) is 4.90. The van der Waals surface area contributed by atoms with E-state index in [9.17, 15) is 13.2 Å². The number of hydrogen-bond acceptors (Lipinski definition) is 4. The van der Waals surface area contributed by atoms with E-state index in [1.54, 1.807) is 0 Å². The number of amides is 1. The van der Waals surface area contributed by atoms with Crippen LogP contribution in [-0.2, 0) is 21.1 Å². The molecule has 1 saturated carbocycles. The average Bonchev–Trinajstić information content (AvgIpc) is 3.08. The summed E-state index contributed by atoms with van der Waals surface area (Å²) in [5.41, 5.74) is 1.07. The predicted octanol–water partition coefficient (Wildman–Crippen LogP) is 1.85. The summed E-state index contributed by atoms with van der Waals surface area (Å²) in [5.74, 6) is 0.606. The molecule has 0 unspecified atom stereocenters. The minimum atomic E-state index is -3.14. The molecule has 0 radical (unpaired) electrons. The average molecular weight is 337 g/mol. The minimum Gasteiger partial charge on any atom is -0.491 e. The van der Waals surface area contributed by atoms with Crippen molar-refractivity contribution in [3.05, 3.63) is 29.8 Å². The molecule has 1 aromatic carbocycles. The fraction of sp³-hybridized carbons (Fsp3) is 0.588. The molecule has 126 valence electrons. The van der Waals surface area contributed by atoms with Crippen LogP contribution in [0.3, 0.4) is 0 Å². The van der Waals surface area contributed by atoms with Gasteiger partial charge in [0, 0.05) is 6.42 Å². The third-order valence-corrected chi connectivity index (χ3v) is 6.93. The maximum Gasteiger partial charge on any atom is 0.221 e. The lowest BCUT2D eigenvalue weighted by Crippen LogP contribution is -2.43. The summed E-state index contributed by atoms with van der Waals surface area (Å²) in [7, 11) is -3.14. The zero-order valence-electron chi connectivity index (χ0n) is 13.2. The van der Waals surface area contributed by atoms with E-state index in [1.165, 1.54) is 0 Å². The van der Waals surface area contributed by atoms with E-state index in [2.05, 4.69) is 5.32 Å². The predicted molar refractivity (Wildman–Crippen MR) is 88.2 cm³/mol. The summed E-state index contributed by atoms with van der Waals surface area (Å²) in [4.78, 5) is 12.1. The maximum absolute atomic E-state index is 12.2. The molecule has 0 aromatic heterocycles. The van der Waals surface area contributed by atoms with Crippen LogP contribution in [0.4, 0.5) is 0 Å². The number of ether oxygens (including phenoxy) is 1. The van der Waals surface area contributed by atoms with Crippen molar-refractivity contribution in [2.24, 2.45) is 0 Å². The summed E-state index contributed by atoms with van der Waals surface area (Å²) < 4.78 is 30.0. The van der Waals surface area contributed by atoms with Crippen LogP contribution in [0.5, 0.6) is 5.75 Å². The fourth-order valence-corrected chi connectivity index (χ4v) is 5.22. The number of fused-ring (bicyclic) bond motifs is 1. The molecule has 5 nitrogen and oxygen atoms in total. The molecule has 23 heavy (non-hydrogen) atoms. The van der Waals surface area contributed by atoms with E-state index in [0.29, 0.717) is 6.61 Å². The smallest absolute Gasteiger partial charge is 0.221 e. The molecule has 1 atom stereocenters. The largest absolute Gasteiger partial charge is 0.491 e. The molecule has 2 aliphatic rings. The van der Waals surface area contributed by atoms with E-state index in [4.69, 9.17) is 4.74 Å². The highest BCUT2D eigenvalue weighted by Gasteiger charge is 2.29. The first-order valence-corrected chi connectivity index (χ1v) is 9.98. The molecule has 0 bridgehead atoms. The van der Waals surface area contributed by atoms with Crippen LogP contribution >= 0.6 is 0 Å². The van der Waals surface area contributed by atoms with Gasteiger partial charge in [-0.1, -0.05) is 31.0 Å². The summed E-state index contributed by atoms with van der Waals surface area (Å²) in [6.07, 6.45) is 4.21. The third kappa shape index (κ3) is 4.05. The zero-order chi connectivity index (χ0) is 16.3. The number of carbonyl (C=O) groups excluding carboxylic acids is 1. The van der Waals surface area contributed by atoms with E-state index >= 15 is 0 Å². The molecule has 3 rings (SSSR count).